The fraction of sp³-hybridized carbons (Fsp3) is 0.400. The van der Waals surface area contributed by atoms with Crippen LogP contribution in [0.3, 0.4) is 0 Å². The van der Waals surface area contributed by atoms with Gasteiger partial charge < -0.3 is 14.9 Å². The van der Waals surface area contributed by atoms with Gasteiger partial charge in [-0.2, -0.15) is 0 Å². The standard InChI is InChI=1S/C25H30FN3O4S/c1-3-28(4-2)13-5-7-17-15-18(26)9-12-23(17)34(32,33)27-21-10-11-22-20(24(21)25(30)31)16-19-8-6-14-29(19)22/h5,7,9-12,15,19,27H,3-4,6,8,13-14,16H2,1-2H3,(H,30,31)/t19-/m0/s1. The number of carbonyl (C=O) groups is 1. The molecule has 2 aliphatic heterocycles. The predicted molar refractivity (Wildman–Crippen MR) is 132 cm³/mol. The number of nitrogens with zero attached hydrogens (tertiary/aromatic N) is 2. The summed E-state index contributed by atoms with van der Waals surface area (Å²) in [6, 6.07) is 7.03. The fourth-order valence-corrected chi connectivity index (χ4v) is 6.20. The number of sulfonamides is 1. The van der Waals surface area contributed by atoms with E-state index < -0.39 is 21.8 Å². The van der Waals surface area contributed by atoms with Crippen molar-refractivity contribution in [3.63, 3.8) is 0 Å². The SMILES string of the molecule is CCN(CC)CC=Cc1cc(F)ccc1S(=O)(=O)Nc1ccc2c(c1C(=O)O)C[C@@H]1CCCN21. The smallest absolute Gasteiger partial charge is 0.338 e. The molecule has 1 atom stereocenters. The number of rotatable bonds is 9. The summed E-state index contributed by atoms with van der Waals surface area (Å²) >= 11 is 0. The van der Waals surface area contributed by atoms with E-state index in [2.05, 4.69) is 14.5 Å². The maximum Gasteiger partial charge on any atom is 0.338 e. The van der Waals surface area contributed by atoms with Crippen LogP contribution in [0.5, 0.6) is 0 Å². The van der Waals surface area contributed by atoms with Gasteiger partial charge in [-0.3, -0.25) is 4.72 Å². The maximum atomic E-state index is 14.0. The second-order valence-electron chi connectivity index (χ2n) is 8.66. The summed E-state index contributed by atoms with van der Waals surface area (Å²) < 4.78 is 43.1. The number of hydrogen-bond acceptors (Lipinski definition) is 5. The minimum atomic E-state index is -4.17. The monoisotopic (exact) mass is 487 g/mol. The average molecular weight is 488 g/mol. The number of carboxylic acid groups (broad SMARTS) is 1. The van der Waals surface area contributed by atoms with Crippen LogP contribution in [0, 0.1) is 5.82 Å². The molecule has 2 heterocycles. The Bertz CT molecular complexity index is 1220. The molecule has 0 unspecified atom stereocenters. The lowest BCUT2D eigenvalue weighted by atomic mass is 10.00. The number of halogens is 1. The van der Waals surface area contributed by atoms with E-state index in [0.29, 0.717) is 18.5 Å². The second kappa shape index (κ2) is 9.76. The van der Waals surface area contributed by atoms with Gasteiger partial charge in [-0.25, -0.2) is 17.6 Å². The van der Waals surface area contributed by atoms with E-state index in [1.165, 1.54) is 18.2 Å². The van der Waals surface area contributed by atoms with E-state index in [1.54, 1.807) is 18.2 Å². The zero-order chi connectivity index (χ0) is 24.5. The first-order valence-electron chi connectivity index (χ1n) is 11.6. The van der Waals surface area contributed by atoms with Gasteiger partial charge in [-0.1, -0.05) is 26.0 Å². The van der Waals surface area contributed by atoms with Crippen molar-refractivity contribution in [2.45, 2.75) is 44.0 Å². The summed E-state index contributed by atoms with van der Waals surface area (Å²) in [6.07, 6.45) is 6.03. The van der Waals surface area contributed by atoms with Crippen LogP contribution in [-0.4, -0.2) is 56.6 Å². The largest absolute Gasteiger partial charge is 0.478 e. The van der Waals surface area contributed by atoms with Crippen LogP contribution in [0.15, 0.2) is 41.3 Å². The zero-order valence-corrected chi connectivity index (χ0v) is 20.2. The molecule has 0 saturated carbocycles. The number of hydrogen-bond donors (Lipinski definition) is 2. The third-order valence-electron chi connectivity index (χ3n) is 6.69. The van der Waals surface area contributed by atoms with Crippen molar-refractivity contribution in [3.05, 3.63) is 58.9 Å². The van der Waals surface area contributed by atoms with Crippen molar-refractivity contribution in [1.29, 1.82) is 0 Å². The normalized spacial score (nSPS) is 17.4. The van der Waals surface area contributed by atoms with Crippen molar-refractivity contribution in [1.82, 2.24) is 4.90 Å². The highest BCUT2D eigenvalue weighted by Gasteiger charge is 2.37. The number of aromatic carboxylic acids is 1. The highest BCUT2D eigenvalue weighted by molar-refractivity contribution is 7.92. The molecule has 0 aromatic heterocycles. The maximum absolute atomic E-state index is 14.0. The van der Waals surface area contributed by atoms with Crippen molar-refractivity contribution < 1.29 is 22.7 Å². The highest BCUT2D eigenvalue weighted by atomic mass is 32.2. The van der Waals surface area contributed by atoms with Crippen LogP contribution in [-0.2, 0) is 16.4 Å². The first kappa shape index (κ1) is 24.2. The quantitative estimate of drug-likeness (QED) is 0.551. The van der Waals surface area contributed by atoms with Gasteiger partial charge >= 0.3 is 5.97 Å². The topological polar surface area (TPSA) is 90.0 Å². The van der Waals surface area contributed by atoms with Crippen LogP contribution in [0.4, 0.5) is 15.8 Å². The first-order chi connectivity index (χ1) is 16.2. The second-order valence-corrected chi connectivity index (χ2v) is 10.3. The molecule has 0 amide bonds. The minimum Gasteiger partial charge on any atom is -0.478 e. The summed E-state index contributed by atoms with van der Waals surface area (Å²) in [5.41, 5.74) is 1.74. The Balaban J connectivity index is 1.68. The first-order valence-corrected chi connectivity index (χ1v) is 13.1. The van der Waals surface area contributed by atoms with E-state index in [4.69, 9.17) is 0 Å². The molecule has 4 rings (SSSR count). The Morgan fingerprint density at radius 1 is 1.26 bits per heavy atom. The van der Waals surface area contributed by atoms with E-state index in [0.717, 1.165) is 44.2 Å². The van der Waals surface area contributed by atoms with Crippen LogP contribution in [0.2, 0.25) is 0 Å². The lowest BCUT2D eigenvalue weighted by Crippen LogP contribution is -2.24. The lowest BCUT2D eigenvalue weighted by Gasteiger charge is -2.19. The molecule has 1 saturated heterocycles. The summed E-state index contributed by atoms with van der Waals surface area (Å²) in [4.78, 5) is 16.4. The molecule has 2 N–H and O–H groups in total. The van der Waals surface area contributed by atoms with Crippen LogP contribution in [0.1, 0.15) is 48.2 Å². The number of benzene rings is 2. The average Bonchev–Trinajstić information content (AvgIpc) is 3.37. The molecule has 9 heteroatoms. The van der Waals surface area contributed by atoms with Gasteiger partial charge in [-0.15, -0.1) is 0 Å². The van der Waals surface area contributed by atoms with E-state index in [9.17, 15) is 22.7 Å². The Morgan fingerprint density at radius 2 is 2.03 bits per heavy atom. The summed E-state index contributed by atoms with van der Waals surface area (Å²) in [7, 11) is -4.17. The molecule has 1 fully saturated rings. The van der Waals surface area contributed by atoms with Gasteiger partial charge in [0.15, 0.2) is 0 Å². The number of likely N-dealkylation sites (N-methyl/N-ethyl adjacent to an activating group) is 1. The third kappa shape index (κ3) is 4.67. The Kier molecular flexibility index (Phi) is 6.95. The molecule has 182 valence electrons. The molecule has 0 aliphatic carbocycles. The van der Waals surface area contributed by atoms with E-state index >= 15 is 0 Å². The molecule has 2 aliphatic rings. The van der Waals surface area contributed by atoms with Gasteiger partial charge in [-0.05, 0) is 73.8 Å². The lowest BCUT2D eigenvalue weighted by molar-refractivity contribution is 0.0697. The van der Waals surface area contributed by atoms with E-state index in [1.807, 2.05) is 13.8 Å². The molecule has 34 heavy (non-hydrogen) atoms. The number of carboxylic acids is 1. The molecular formula is C25H30FN3O4S. The van der Waals surface area contributed by atoms with Crippen molar-refractivity contribution in [3.8, 4) is 0 Å². The van der Waals surface area contributed by atoms with Crippen LogP contribution in [0.25, 0.3) is 6.08 Å². The summed E-state index contributed by atoms with van der Waals surface area (Å²) in [6.45, 7) is 7.21. The van der Waals surface area contributed by atoms with Crippen molar-refractivity contribution in [2.24, 2.45) is 0 Å². The molecule has 2 aromatic rings. The molecule has 0 radical (unpaired) electrons. The number of anilines is 2. The van der Waals surface area contributed by atoms with Crippen LogP contribution < -0.4 is 9.62 Å². The Labute approximate surface area is 199 Å². The molecule has 0 bridgehead atoms. The van der Waals surface area contributed by atoms with Gasteiger partial charge in [0.05, 0.1) is 16.1 Å². The molecular weight excluding hydrogens is 457 g/mol. The Morgan fingerprint density at radius 3 is 2.74 bits per heavy atom. The van der Waals surface area contributed by atoms with E-state index in [-0.39, 0.29) is 27.8 Å². The molecule has 7 nitrogen and oxygen atoms in total. The van der Waals surface area contributed by atoms with Crippen molar-refractivity contribution in [2.75, 3.05) is 35.8 Å². The van der Waals surface area contributed by atoms with Gasteiger partial charge in [0.25, 0.3) is 10.0 Å². The van der Waals surface area contributed by atoms with Gasteiger partial charge in [0.1, 0.15) is 5.82 Å². The zero-order valence-electron chi connectivity index (χ0n) is 19.4. The minimum absolute atomic E-state index is 0.0174. The third-order valence-corrected chi connectivity index (χ3v) is 8.13. The number of fused-ring (bicyclic) bond motifs is 3. The molecule has 2 aromatic carbocycles. The Hall–Kier alpha value is -2.91. The van der Waals surface area contributed by atoms with Crippen molar-refractivity contribution >= 4 is 33.4 Å². The van der Waals surface area contributed by atoms with Crippen LogP contribution >= 0.6 is 0 Å². The summed E-state index contributed by atoms with van der Waals surface area (Å²) in [5.74, 6) is -1.72. The number of nitrogens with one attached hydrogen (secondary N) is 1. The van der Waals surface area contributed by atoms with Gasteiger partial charge in [0, 0.05) is 24.8 Å². The predicted octanol–water partition coefficient (Wildman–Crippen LogP) is 4.20. The fourth-order valence-electron chi connectivity index (χ4n) is 4.95. The highest BCUT2D eigenvalue weighted by Crippen LogP contribution is 2.42. The summed E-state index contributed by atoms with van der Waals surface area (Å²) in [5, 5.41) is 9.95. The van der Waals surface area contributed by atoms with Gasteiger partial charge in [0.2, 0.25) is 0 Å². The molecule has 0 spiro atoms.